The van der Waals surface area contributed by atoms with Crippen LogP contribution in [0.1, 0.15) is 44.1 Å². The highest BCUT2D eigenvalue weighted by atomic mass is 35.5. The standard InChI is InChI=1S/C18H22ClN3O2S/c1-11-13(19)8-5-9-14(11)21-16(23)10-15-17(24)22-18(25-15)20-12-6-3-2-4-7-12/h5,8-9,12,15H,2-4,6-7,10H2,1H3,(H,21,23)(H,20,22,24)/t15-/m1/s1. The van der Waals surface area contributed by atoms with E-state index in [2.05, 4.69) is 15.6 Å². The van der Waals surface area contributed by atoms with Crippen molar-refractivity contribution in [2.75, 3.05) is 5.32 Å². The summed E-state index contributed by atoms with van der Waals surface area (Å²) >= 11 is 7.43. The average molecular weight is 380 g/mol. The van der Waals surface area contributed by atoms with Crippen molar-refractivity contribution in [2.24, 2.45) is 4.99 Å². The first-order valence-corrected chi connectivity index (χ1v) is 9.89. The molecule has 0 unspecified atom stereocenters. The van der Waals surface area contributed by atoms with Crippen LogP contribution in [0.4, 0.5) is 5.69 Å². The molecule has 1 heterocycles. The lowest BCUT2D eigenvalue weighted by Gasteiger charge is -2.17. The van der Waals surface area contributed by atoms with Crippen molar-refractivity contribution in [2.45, 2.75) is 56.7 Å². The molecule has 1 aromatic rings. The van der Waals surface area contributed by atoms with Gasteiger partial charge in [-0.2, -0.15) is 0 Å². The number of amidine groups is 1. The number of benzene rings is 1. The van der Waals surface area contributed by atoms with Gasteiger partial charge in [0.2, 0.25) is 11.8 Å². The summed E-state index contributed by atoms with van der Waals surface area (Å²) in [6.07, 6.45) is 5.95. The lowest BCUT2D eigenvalue weighted by molar-refractivity contribution is -0.122. The number of anilines is 1. The van der Waals surface area contributed by atoms with E-state index in [1.807, 2.05) is 6.92 Å². The number of nitrogens with zero attached hydrogens (tertiary/aromatic N) is 1. The molecule has 25 heavy (non-hydrogen) atoms. The van der Waals surface area contributed by atoms with Crippen LogP contribution in [0, 0.1) is 6.92 Å². The number of hydrogen-bond donors (Lipinski definition) is 2. The lowest BCUT2D eigenvalue weighted by atomic mass is 9.96. The number of carbonyl (C=O) groups excluding carboxylic acids is 2. The molecule has 0 radical (unpaired) electrons. The second kappa shape index (κ2) is 8.23. The fraction of sp³-hybridized carbons (Fsp3) is 0.500. The van der Waals surface area contributed by atoms with E-state index in [-0.39, 0.29) is 18.2 Å². The monoisotopic (exact) mass is 379 g/mol. The fourth-order valence-electron chi connectivity index (χ4n) is 3.09. The molecule has 2 aliphatic rings. The summed E-state index contributed by atoms with van der Waals surface area (Å²) in [5, 5.41) is 6.49. The van der Waals surface area contributed by atoms with Gasteiger partial charge >= 0.3 is 0 Å². The Balaban J connectivity index is 1.57. The van der Waals surface area contributed by atoms with Gasteiger partial charge in [0.25, 0.3) is 0 Å². The normalized spacial score (nSPS) is 22.9. The van der Waals surface area contributed by atoms with Crippen LogP contribution >= 0.6 is 23.4 Å². The third-order valence-corrected chi connectivity index (χ3v) is 6.07. The number of hydrogen-bond acceptors (Lipinski definition) is 4. The van der Waals surface area contributed by atoms with Crippen LogP contribution in [0.2, 0.25) is 5.02 Å². The average Bonchev–Trinajstić information content (AvgIpc) is 2.92. The molecule has 0 spiro atoms. The molecule has 2 amide bonds. The minimum Gasteiger partial charge on any atom is -0.326 e. The predicted octanol–water partition coefficient (Wildman–Crippen LogP) is 3.90. The molecule has 2 fully saturated rings. The molecule has 0 aromatic heterocycles. The molecule has 1 aromatic carbocycles. The number of rotatable bonds is 4. The van der Waals surface area contributed by atoms with E-state index < -0.39 is 5.25 Å². The summed E-state index contributed by atoms with van der Waals surface area (Å²) in [6.45, 7) is 1.85. The Hall–Kier alpha value is -1.53. The van der Waals surface area contributed by atoms with Crippen LogP contribution in [0.25, 0.3) is 0 Å². The van der Waals surface area contributed by atoms with E-state index in [1.165, 1.54) is 31.0 Å². The van der Waals surface area contributed by atoms with E-state index in [9.17, 15) is 9.59 Å². The van der Waals surface area contributed by atoms with Gasteiger partial charge < -0.3 is 10.6 Å². The quantitative estimate of drug-likeness (QED) is 0.833. The molecule has 2 N–H and O–H groups in total. The summed E-state index contributed by atoms with van der Waals surface area (Å²) in [7, 11) is 0. The van der Waals surface area contributed by atoms with Crippen molar-refractivity contribution in [3.63, 3.8) is 0 Å². The van der Waals surface area contributed by atoms with Gasteiger partial charge in [0.15, 0.2) is 5.17 Å². The SMILES string of the molecule is Cc1c(Cl)cccc1NC(=O)C[C@H]1SC(=NC2CCCCC2)NC1=O. The number of nitrogens with one attached hydrogen (secondary N) is 2. The maximum Gasteiger partial charge on any atom is 0.240 e. The molecule has 3 rings (SSSR count). The summed E-state index contributed by atoms with van der Waals surface area (Å²) in [6, 6.07) is 5.67. The highest BCUT2D eigenvalue weighted by Gasteiger charge is 2.32. The Kier molecular flexibility index (Phi) is 6.02. The third-order valence-electron chi connectivity index (χ3n) is 4.56. The molecule has 1 atom stereocenters. The summed E-state index contributed by atoms with van der Waals surface area (Å²) < 4.78 is 0. The Morgan fingerprint density at radius 1 is 1.36 bits per heavy atom. The van der Waals surface area contributed by atoms with Crippen molar-refractivity contribution in [3.05, 3.63) is 28.8 Å². The summed E-state index contributed by atoms with van der Waals surface area (Å²) in [5.41, 5.74) is 1.50. The molecule has 1 aliphatic heterocycles. The minimum atomic E-state index is -0.429. The number of halogens is 1. The highest BCUT2D eigenvalue weighted by Crippen LogP contribution is 2.27. The number of carbonyl (C=O) groups is 2. The van der Waals surface area contributed by atoms with E-state index >= 15 is 0 Å². The molecule has 1 aliphatic carbocycles. The molecule has 1 saturated carbocycles. The summed E-state index contributed by atoms with van der Waals surface area (Å²) in [4.78, 5) is 29.1. The van der Waals surface area contributed by atoms with Gasteiger partial charge in [0, 0.05) is 17.1 Å². The van der Waals surface area contributed by atoms with Crippen molar-refractivity contribution in [3.8, 4) is 0 Å². The lowest BCUT2D eigenvalue weighted by Crippen LogP contribution is -2.28. The molecule has 134 valence electrons. The predicted molar refractivity (Wildman–Crippen MR) is 103 cm³/mol. The molecule has 0 bridgehead atoms. The smallest absolute Gasteiger partial charge is 0.240 e. The largest absolute Gasteiger partial charge is 0.326 e. The zero-order valence-corrected chi connectivity index (χ0v) is 15.8. The molecule has 7 heteroatoms. The molecular formula is C18H22ClN3O2S. The van der Waals surface area contributed by atoms with Gasteiger partial charge in [0.1, 0.15) is 5.25 Å². The summed E-state index contributed by atoms with van der Waals surface area (Å²) in [5.74, 6) is -0.338. The van der Waals surface area contributed by atoms with Crippen molar-refractivity contribution < 1.29 is 9.59 Å². The van der Waals surface area contributed by atoms with Crippen molar-refractivity contribution in [1.82, 2.24) is 5.32 Å². The van der Waals surface area contributed by atoms with Gasteiger partial charge in [-0.05, 0) is 37.5 Å². The maximum atomic E-state index is 12.3. The zero-order chi connectivity index (χ0) is 17.8. The number of thioether (sulfide) groups is 1. The van der Waals surface area contributed by atoms with Gasteiger partial charge in [0.05, 0.1) is 6.04 Å². The van der Waals surface area contributed by atoms with Gasteiger partial charge in [-0.3, -0.25) is 14.6 Å². The highest BCUT2D eigenvalue weighted by molar-refractivity contribution is 8.15. The zero-order valence-electron chi connectivity index (χ0n) is 14.2. The van der Waals surface area contributed by atoms with Crippen LogP contribution in [0.3, 0.4) is 0 Å². The van der Waals surface area contributed by atoms with Crippen molar-refractivity contribution >= 4 is 46.0 Å². The van der Waals surface area contributed by atoms with E-state index in [0.717, 1.165) is 18.4 Å². The molecular weight excluding hydrogens is 358 g/mol. The van der Waals surface area contributed by atoms with Crippen LogP contribution in [-0.4, -0.2) is 28.3 Å². The third kappa shape index (κ3) is 4.76. The van der Waals surface area contributed by atoms with Crippen LogP contribution < -0.4 is 10.6 Å². The van der Waals surface area contributed by atoms with Gasteiger partial charge in [-0.25, -0.2) is 0 Å². The Bertz CT molecular complexity index is 702. The Labute approximate surface area is 157 Å². The van der Waals surface area contributed by atoms with E-state index in [4.69, 9.17) is 11.6 Å². The molecule has 5 nitrogen and oxygen atoms in total. The van der Waals surface area contributed by atoms with E-state index in [0.29, 0.717) is 21.9 Å². The Morgan fingerprint density at radius 2 is 2.12 bits per heavy atom. The first kappa shape index (κ1) is 18.3. The number of aliphatic imine (C=N–C) groups is 1. The van der Waals surface area contributed by atoms with Gasteiger partial charge in [-0.1, -0.05) is 48.7 Å². The first-order chi connectivity index (χ1) is 12.0. The second-order valence-corrected chi connectivity index (χ2v) is 8.09. The Morgan fingerprint density at radius 3 is 2.88 bits per heavy atom. The second-order valence-electron chi connectivity index (χ2n) is 6.49. The fourth-order valence-corrected chi connectivity index (χ4v) is 4.30. The topological polar surface area (TPSA) is 70.6 Å². The molecule has 1 saturated heterocycles. The van der Waals surface area contributed by atoms with Gasteiger partial charge in [-0.15, -0.1) is 0 Å². The first-order valence-electron chi connectivity index (χ1n) is 8.63. The number of amides is 2. The minimum absolute atomic E-state index is 0.117. The van der Waals surface area contributed by atoms with Crippen LogP contribution in [0.15, 0.2) is 23.2 Å². The van der Waals surface area contributed by atoms with Crippen LogP contribution in [-0.2, 0) is 9.59 Å². The van der Waals surface area contributed by atoms with E-state index in [1.54, 1.807) is 18.2 Å². The van der Waals surface area contributed by atoms with Crippen LogP contribution in [0.5, 0.6) is 0 Å². The maximum absolute atomic E-state index is 12.3. The van der Waals surface area contributed by atoms with Crippen molar-refractivity contribution in [1.29, 1.82) is 0 Å².